The summed E-state index contributed by atoms with van der Waals surface area (Å²) in [5.41, 5.74) is 7.05. The summed E-state index contributed by atoms with van der Waals surface area (Å²) in [4.78, 5) is 12.3. The molecule has 3 aromatic rings. The summed E-state index contributed by atoms with van der Waals surface area (Å²) < 4.78 is 1.85. The quantitative estimate of drug-likeness (QED) is 0.779. The van der Waals surface area contributed by atoms with Crippen molar-refractivity contribution < 1.29 is 4.79 Å². The molecule has 0 fully saturated rings. The molecule has 3 nitrogen and oxygen atoms in total. The highest BCUT2D eigenvalue weighted by Gasteiger charge is 2.10. The number of benzene rings is 2. The van der Waals surface area contributed by atoms with Gasteiger partial charge in [0.05, 0.1) is 12.1 Å². The zero-order valence-electron chi connectivity index (χ0n) is 12.5. The Morgan fingerprint density at radius 1 is 0.909 bits per heavy atom. The van der Waals surface area contributed by atoms with Crippen molar-refractivity contribution in [2.24, 2.45) is 0 Å². The molecule has 3 rings (SSSR count). The number of amides is 1. The maximum absolute atomic E-state index is 12.3. The third-order valence-electron chi connectivity index (χ3n) is 3.59. The second-order valence-corrected chi connectivity index (χ2v) is 5.26. The molecule has 1 heterocycles. The van der Waals surface area contributed by atoms with Gasteiger partial charge in [-0.15, -0.1) is 0 Å². The van der Waals surface area contributed by atoms with Crippen molar-refractivity contribution in [1.29, 1.82) is 0 Å². The van der Waals surface area contributed by atoms with Gasteiger partial charge in [-0.25, -0.2) is 0 Å². The highest BCUT2D eigenvalue weighted by atomic mass is 16.2. The molecule has 0 aliphatic heterocycles. The average Bonchev–Trinajstić information content (AvgIpc) is 2.90. The first-order chi connectivity index (χ1) is 10.7. The molecule has 2 aromatic carbocycles. The van der Waals surface area contributed by atoms with Crippen molar-refractivity contribution in [2.75, 3.05) is 5.43 Å². The second kappa shape index (κ2) is 6.31. The number of carbonyl (C=O) groups is 1. The van der Waals surface area contributed by atoms with Crippen LogP contribution in [0.5, 0.6) is 0 Å². The zero-order valence-corrected chi connectivity index (χ0v) is 12.5. The van der Waals surface area contributed by atoms with Crippen LogP contribution in [0.2, 0.25) is 0 Å². The maximum atomic E-state index is 12.3. The van der Waals surface area contributed by atoms with Gasteiger partial charge in [0.1, 0.15) is 0 Å². The Labute approximate surface area is 130 Å². The number of aromatic nitrogens is 1. The first-order valence-electron chi connectivity index (χ1n) is 7.31. The molecule has 1 amide bonds. The molecule has 1 aromatic heterocycles. The fraction of sp³-hybridized carbons (Fsp3) is 0.105. The molecule has 0 radical (unpaired) electrons. The van der Waals surface area contributed by atoms with Crippen LogP contribution in [-0.2, 0) is 11.2 Å². The molecule has 3 heteroatoms. The number of carbonyl (C=O) groups excluding carboxylic acids is 1. The van der Waals surface area contributed by atoms with Crippen LogP contribution < -0.4 is 5.43 Å². The summed E-state index contributed by atoms with van der Waals surface area (Å²) in [6.45, 7) is 1.98. The number of rotatable bonds is 4. The van der Waals surface area contributed by atoms with E-state index in [2.05, 4.69) is 5.43 Å². The van der Waals surface area contributed by atoms with Crippen LogP contribution in [0.1, 0.15) is 11.3 Å². The van der Waals surface area contributed by atoms with Crippen molar-refractivity contribution in [1.82, 2.24) is 4.68 Å². The molecule has 0 spiro atoms. The van der Waals surface area contributed by atoms with E-state index in [0.29, 0.717) is 6.42 Å². The number of hydrogen-bond donors (Lipinski definition) is 1. The van der Waals surface area contributed by atoms with E-state index in [-0.39, 0.29) is 5.91 Å². The first-order valence-corrected chi connectivity index (χ1v) is 7.31. The molecular weight excluding hydrogens is 272 g/mol. The second-order valence-electron chi connectivity index (χ2n) is 5.26. The van der Waals surface area contributed by atoms with Gasteiger partial charge in [-0.1, -0.05) is 60.7 Å². The third kappa shape index (κ3) is 3.09. The van der Waals surface area contributed by atoms with E-state index in [4.69, 9.17) is 0 Å². The largest absolute Gasteiger partial charge is 0.273 e. The molecule has 0 saturated carbocycles. The number of hydrogen-bond acceptors (Lipinski definition) is 1. The van der Waals surface area contributed by atoms with Crippen molar-refractivity contribution in [3.63, 3.8) is 0 Å². The first kappa shape index (κ1) is 14.1. The minimum atomic E-state index is -0.0253. The number of nitrogens with one attached hydrogen (secondary N) is 1. The van der Waals surface area contributed by atoms with E-state index in [1.165, 1.54) is 0 Å². The van der Waals surface area contributed by atoms with E-state index >= 15 is 0 Å². The maximum Gasteiger partial charge on any atom is 0.243 e. The normalized spacial score (nSPS) is 10.4. The molecule has 1 N–H and O–H groups in total. The van der Waals surface area contributed by atoms with Gasteiger partial charge in [-0.2, -0.15) is 0 Å². The van der Waals surface area contributed by atoms with Gasteiger partial charge < -0.3 is 0 Å². The highest BCUT2D eigenvalue weighted by Crippen LogP contribution is 2.21. The molecule has 0 unspecified atom stereocenters. The van der Waals surface area contributed by atoms with E-state index < -0.39 is 0 Å². The monoisotopic (exact) mass is 290 g/mol. The lowest BCUT2D eigenvalue weighted by atomic mass is 10.1. The topological polar surface area (TPSA) is 34.0 Å². The Hall–Kier alpha value is -2.81. The van der Waals surface area contributed by atoms with Crippen LogP contribution >= 0.6 is 0 Å². The summed E-state index contributed by atoms with van der Waals surface area (Å²) in [6, 6.07) is 23.8. The SMILES string of the molecule is Cc1ccc(-c2ccccc2)n1NC(=O)Cc1ccccc1. The molecule has 0 bridgehead atoms. The zero-order chi connectivity index (χ0) is 15.4. The summed E-state index contributed by atoms with van der Waals surface area (Å²) in [5.74, 6) is -0.0253. The van der Waals surface area contributed by atoms with E-state index in [9.17, 15) is 4.79 Å². The van der Waals surface area contributed by atoms with Gasteiger partial charge in [-0.3, -0.25) is 14.9 Å². The summed E-state index contributed by atoms with van der Waals surface area (Å²) in [6.07, 6.45) is 0.368. The Morgan fingerprint density at radius 3 is 2.23 bits per heavy atom. The van der Waals surface area contributed by atoms with Crippen LogP contribution in [0, 0.1) is 6.92 Å². The van der Waals surface area contributed by atoms with Crippen molar-refractivity contribution >= 4 is 5.91 Å². The van der Waals surface area contributed by atoms with Crippen molar-refractivity contribution in [3.8, 4) is 11.3 Å². The smallest absolute Gasteiger partial charge is 0.243 e. The minimum Gasteiger partial charge on any atom is -0.273 e. The molecular formula is C19H18N2O. The molecule has 0 aliphatic rings. The van der Waals surface area contributed by atoms with Crippen LogP contribution in [0.25, 0.3) is 11.3 Å². The number of aryl methyl sites for hydroxylation is 1. The van der Waals surface area contributed by atoms with Gasteiger partial charge >= 0.3 is 0 Å². The van der Waals surface area contributed by atoms with Gasteiger partial charge in [0.15, 0.2) is 0 Å². The Balaban J connectivity index is 1.81. The summed E-state index contributed by atoms with van der Waals surface area (Å²) in [5, 5.41) is 0. The van der Waals surface area contributed by atoms with Crippen LogP contribution in [0.15, 0.2) is 72.8 Å². The van der Waals surface area contributed by atoms with Gasteiger partial charge in [0.2, 0.25) is 5.91 Å². The number of nitrogens with zero attached hydrogens (tertiary/aromatic N) is 1. The Kier molecular flexibility index (Phi) is 4.05. The van der Waals surface area contributed by atoms with E-state index in [0.717, 1.165) is 22.5 Å². The lowest BCUT2D eigenvalue weighted by molar-refractivity contribution is -0.116. The molecule has 0 saturated heterocycles. The van der Waals surface area contributed by atoms with Gasteiger partial charge in [-0.05, 0) is 24.6 Å². The average molecular weight is 290 g/mol. The third-order valence-corrected chi connectivity index (χ3v) is 3.59. The van der Waals surface area contributed by atoms with Gasteiger partial charge in [0, 0.05) is 11.3 Å². The summed E-state index contributed by atoms with van der Waals surface area (Å²) >= 11 is 0. The van der Waals surface area contributed by atoms with E-state index in [1.54, 1.807) is 0 Å². The molecule has 22 heavy (non-hydrogen) atoms. The van der Waals surface area contributed by atoms with Gasteiger partial charge in [0.25, 0.3) is 0 Å². The van der Waals surface area contributed by atoms with E-state index in [1.807, 2.05) is 84.4 Å². The van der Waals surface area contributed by atoms with Crippen LogP contribution in [-0.4, -0.2) is 10.6 Å². The molecule has 0 aliphatic carbocycles. The standard InChI is InChI=1S/C19H18N2O/c1-15-12-13-18(17-10-6-3-7-11-17)21(15)20-19(22)14-16-8-4-2-5-9-16/h2-13H,14H2,1H3,(H,20,22). The fourth-order valence-electron chi connectivity index (χ4n) is 2.47. The summed E-state index contributed by atoms with van der Waals surface area (Å²) in [7, 11) is 0. The Morgan fingerprint density at radius 2 is 1.55 bits per heavy atom. The van der Waals surface area contributed by atoms with Crippen LogP contribution in [0.4, 0.5) is 0 Å². The predicted octanol–water partition coefficient (Wildman–Crippen LogP) is 3.78. The minimum absolute atomic E-state index is 0.0253. The highest BCUT2D eigenvalue weighted by molar-refractivity contribution is 5.86. The predicted molar refractivity (Wildman–Crippen MR) is 89.1 cm³/mol. The van der Waals surface area contributed by atoms with Crippen molar-refractivity contribution in [3.05, 3.63) is 84.1 Å². The van der Waals surface area contributed by atoms with Crippen LogP contribution in [0.3, 0.4) is 0 Å². The molecule has 110 valence electrons. The Bertz CT molecular complexity index is 761. The lowest BCUT2D eigenvalue weighted by Crippen LogP contribution is -2.25. The molecule has 0 atom stereocenters. The van der Waals surface area contributed by atoms with Crippen molar-refractivity contribution in [2.45, 2.75) is 13.3 Å². The lowest BCUT2D eigenvalue weighted by Gasteiger charge is -2.13. The fourth-order valence-corrected chi connectivity index (χ4v) is 2.47.